The molecule has 0 fully saturated rings. The van der Waals surface area contributed by atoms with Gasteiger partial charge in [-0.05, 0) is 12.1 Å². The van der Waals surface area contributed by atoms with Crippen LogP contribution in [0.2, 0.25) is 0 Å². The minimum Gasteiger partial charge on any atom is -0.478 e. The summed E-state index contributed by atoms with van der Waals surface area (Å²) in [5, 5.41) is 19.6. The Hall–Kier alpha value is -2.30. The van der Waals surface area contributed by atoms with Gasteiger partial charge in [0.2, 0.25) is 0 Å². The van der Waals surface area contributed by atoms with Gasteiger partial charge in [-0.25, -0.2) is 9.59 Å². The van der Waals surface area contributed by atoms with Crippen LogP contribution in [0.1, 0.15) is 0 Å². The molecule has 0 heterocycles. The summed E-state index contributed by atoms with van der Waals surface area (Å²) >= 11 is 0. The standard InChI is InChI=1S/C10H9NO4/c12-9(13)6-8(10(14)15)11-7-4-2-1-3-5-7/h1-6,11H,(H,12,13)(H,14,15)/b8-6+. The summed E-state index contributed by atoms with van der Waals surface area (Å²) in [6.07, 6.45) is 0.606. The highest BCUT2D eigenvalue weighted by Gasteiger charge is 2.08. The van der Waals surface area contributed by atoms with Crippen molar-refractivity contribution in [1.82, 2.24) is 0 Å². The largest absolute Gasteiger partial charge is 0.478 e. The molecule has 0 atom stereocenters. The third-order valence-corrected chi connectivity index (χ3v) is 1.55. The topological polar surface area (TPSA) is 86.6 Å². The number of hydrogen-bond donors (Lipinski definition) is 3. The van der Waals surface area contributed by atoms with Crippen LogP contribution >= 0.6 is 0 Å². The highest BCUT2D eigenvalue weighted by atomic mass is 16.4. The van der Waals surface area contributed by atoms with Crippen LogP contribution in [0.3, 0.4) is 0 Å². The molecule has 0 aliphatic carbocycles. The van der Waals surface area contributed by atoms with Crippen molar-refractivity contribution in [3.05, 3.63) is 42.1 Å². The van der Waals surface area contributed by atoms with Crippen LogP contribution in [0.4, 0.5) is 5.69 Å². The predicted octanol–water partition coefficient (Wildman–Crippen LogP) is 1.15. The fraction of sp³-hybridized carbons (Fsp3) is 0. The molecule has 0 aliphatic rings. The fourth-order valence-corrected chi connectivity index (χ4v) is 0.952. The molecule has 3 N–H and O–H groups in total. The summed E-state index contributed by atoms with van der Waals surface area (Å²) in [5.41, 5.74) is 0.140. The Bertz CT molecular complexity index is 397. The zero-order valence-electron chi connectivity index (χ0n) is 7.68. The SMILES string of the molecule is O=C(O)/C=C(/Nc1ccccc1)C(=O)O. The molecule has 1 aromatic carbocycles. The molecule has 1 aromatic rings. The van der Waals surface area contributed by atoms with Crippen molar-refractivity contribution in [3.8, 4) is 0 Å². The third-order valence-electron chi connectivity index (χ3n) is 1.55. The van der Waals surface area contributed by atoms with Crippen LogP contribution in [0.15, 0.2) is 42.1 Å². The lowest BCUT2D eigenvalue weighted by atomic mass is 10.3. The molecular weight excluding hydrogens is 198 g/mol. The monoisotopic (exact) mass is 207 g/mol. The first kappa shape index (κ1) is 10.8. The van der Waals surface area contributed by atoms with Crippen molar-refractivity contribution in [1.29, 1.82) is 0 Å². The molecule has 0 aromatic heterocycles. The maximum absolute atomic E-state index is 10.6. The Labute approximate surface area is 85.7 Å². The zero-order chi connectivity index (χ0) is 11.3. The van der Waals surface area contributed by atoms with Crippen molar-refractivity contribution in [2.75, 3.05) is 5.32 Å². The molecule has 0 spiro atoms. The second-order valence-electron chi connectivity index (χ2n) is 2.69. The van der Waals surface area contributed by atoms with Gasteiger partial charge in [0.15, 0.2) is 0 Å². The van der Waals surface area contributed by atoms with Crippen molar-refractivity contribution < 1.29 is 19.8 Å². The molecule has 78 valence electrons. The average molecular weight is 207 g/mol. The number of anilines is 1. The van der Waals surface area contributed by atoms with Crippen molar-refractivity contribution in [2.45, 2.75) is 0 Å². The van der Waals surface area contributed by atoms with E-state index < -0.39 is 11.9 Å². The molecule has 0 saturated carbocycles. The van der Waals surface area contributed by atoms with E-state index in [4.69, 9.17) is 10.2 Å². The van der Waals surface area contributed by atoms with Gasteiger partial charge in [0.25, 0.3) is 0 Å². The van der Waals surface area contributed by atoms with E-state index in [9.17, 15) is 9.59 Å². The van der Waals surface area contributed by atoms with Crippen molar-refractivity contribution in [3.63, 3.8) is 0 Å². The normalized spacial score (nSPS) is 10.8. The van der Waals surface area contributed by atoms with E-state index in [1.807, 2.05) is 0 Å². The van der Waals surface area contributed by atoms with Crippen LogP contribution in [0, 0.1) is 0 Å². The average Bonchev–Trinajstić information content (AvgIpc) is 2.17. The first-order valence-corrected chi connectivity index (χ1v) is 4.09. The van der Waals surface area contributed by atoms with E-state index in [2.05, 4.69) is 5.32 Å². The highest BCUT2D eigenvalue weighted by Crippen LogP contribution is 2.08. The molecule has 0 bridgehead atoms. The quantitative estimate of drug-likeness (QED) is 0.645. The molecule has 5 heteroatoms. The molecular formula is C10H9NO4. The van der Waals surface area contributed by atoms with Crippen LogP contribution in [-0.2, 0) is 9.59 Å². The summed E-state index contributed by atoms with van der Waals surface area (Å²) in [4.78, 5) is 21.0. The van der Waals surface area contributed by atoms with E-state index in [0.29, 0.717) is 11.8 Å². The number of carboxylic acids is 2. The van der Waals surface area contributed by atoms with Gasteiger partial charge in [-0.3, -0.25) is 0 Å². The Kier molecular flexibility index (Phi) is 3.45. The maximum atomic E-state index is 10.6. The van der Waals surface area contributed by atoms with Crippen LogP contribution in [0.5, 0.6) is 0 Å². The Morgan fingerprint density at radius 3 is 2.20 bits per heavy atom. The van der Waals surface area contributed by atoms with Crippen LogP contribution < -0.4 is 5.32 Å². The number of para-hydroxylation sites is 1. The molecule has 0 unspecified atom stereocenters. The fourth-order valence-electron chi connectivity index (χ4n) is 0.952. The molecule has 0 radical (unpaired) electrons. The number of rotatable bonds is 4. The number of hydrogen-bond acceptors (Lipinski definition) is 3. The predicted molar refractivity (Wildman–Crippen MR) is 53.4 cm³/mol. The number of aliphatic carboxylic acids is 2. The summed E-state index contributed by atoms with van der Waals surface area (Å²) < 4.78 is 0. The van der Waals surface area contributed by atoms with E-state index in [1.54, 1.807) is 30.3 Å². The highest BCUT2D eigenvalue weighted by molar-refractivity contribution is 5.97. The molecule has 15 heavy (non-hydrogen) atoms. The minimum absolute atomic E-state index is 0.381. The van der Waals surface area contributed by atoms with E-state index in [-0.39, 0.29) is 5.70 Å². The number of carbonyl (C=O) groups is 2. The maximum Gasteiger partial charge on any atom is 0.352 e. The van der Waals surface area contributed by atoms with Crippen LogP contribution in [0.25, 0.3) is 0 Å². The third kappa shape index (κ3) is 3.51. The zero-order valence-corrected chi connectivity index (χ0v) is 7.68. The number of carboxylic acid groups (broad SMARTS) is 2. The Morgan fingerprint density at radius 2 is 1.73 bits per heavy atom. The van der Waals surface area contributed by atoms with E-state index >= 15 is 0 Å². The smallest absolute Gasteiger partial charge is 0.352 e. The van der Waals surface area contributed by atoms with E-state index in [1.165, 1.54) is 0 Å². The summed E-state index contributed by atoms with van der Waals surface area (Å²) in [7, 11) is 0. The first-order valence-electron chi connectivity index (χ1n) is 4.09. The van der Waals surface area contributed by atoms with Gasteiger partial charge in [0.1, 0.15) is 5.70 Å². The van der Waals surface area contributed by atoms with Gasteiger partial charge < -0.3 is 15.5 Å². The first-order chi connectivity index (χ1) is 7.09. The summed E-state index contributed by atoms with van der Waals surface area (Å²) in [5.74, 6) is -2.63. The van der Waals surface area contributed by atoms with Gasteiger partial charge >= 0.3 is 11.9 Å². The molecule has 0 amide bonds. The van der Waals surface area contributed by atoms with Crippen molar-refractivity contribution in [2.24, 2.45) is 0 Å². The molecule has 1 rings (SSSR count). The van der Waals surface area contributed by atoms with Gasteiger partial charge in [0.05, 0.1) is 6.08 Å². The second kappa shape index (κ2) is 4.80. The Balaban J connectivity index is 2.86. The number of benzene rings is 1. The Morgan fingerprint density at radius 1 is 1.13 bits per heavy atom. The lowest BCUT2D eigenvalue weighted by Gasteiger charge is -2.05. The minimum atomic E-state index is -1.32. The lowest BCUT2D eigenvalue weighted by Crippen LogP contribution is -2.12. The van der Waals surface area contributed by atoms with E-state index in [0.717, 1.165) is 0 Å². The summed E-state index contributed by atoms with van der Waals surface area (Å²) in [6, 6.07) is 8.47. The molecule has 5 nitrogen and oxygen atoms in total. The van der Waals surface area contributed by atoms with Crippen LogP contribution in [-0.4, -0.2) is 22.2 Å². The van der Waals surface area contributed by atoms with Gasteiger partial charge in [-0.1, -0.05) is 18.2 Å². The van der Waals surface area contributed by atoms with Gasteiger partial charge in [-0.2, -0.15) is 0 Å². The summed E-state index contributed by atoms with van der Waals surface area (Å²) in [6.45, 7) is 0. The molecule has 0 aliphatic heterocycles. The van der Waals surface area contributed by atoms with Gasteiger partial charge in [-0.15, -0.1) is 0 Å². The number of nitrogens with one attached hydrogen (secondary N) is 1. The molecule has 0 saturated heterocycles. The van der Waals surface area contributed by atoms with Gasteiger partial charge in [0, 0.05) is 5.69 Å². The lowest BCUT2D eigenvalue weighted by molar-refractivity contribution is -0.134. The van der Waals surface area contributed by atoms with Crippen molar-refractivity contribution >= 4 is 17.6 Å². The second-order valence-corrected chi connectivity index (χ2v) is 2.69.